The van der Waals surface area contributed by atoms with Crippen LogP contribution in [0.2, 0.25) is 5.02 Å². The quantitative estimate of drug-likeness (QED) is 0.467. The number of benzene rings is 2. The van der Waals surface area contributed by atoms with Crippen molar-refractivity contribution in [2.24, 2.45) is 0 Å². The number of hydrogen-bond acceptors (Lipinski definition) is 3. The molecule has 0 radical (unpaired) electrons. The van der Waals surface area contributed by atoms with Crippen LogP contribution < -0.4 is 5.56 Å². The molecular formula is C22H17ClFN3O2. The van der Waals surface area contributed by atoms with Crippen LogP contribution in [0.15, 0.2) is 59.7 Å². The fourth-order valence-electron chi connectivity index (χ4n) is 3.54. The number of nitrogens with zero attached hydrogens (tertiary/aromatic N) is 3. The van der Waals surface area contributed by atoms with Crippen LogP contribution in [0.3, 0.4) is 0 Å². The number of ketones is 1. The summed E-state index contributed by atoms with van der Waals surface area (Å²) in [6.45, 7) is 3.49. The lowest BCUT2D eigenvalue weighted by molar-refractivity contribution is 0.0970. The molecule has 146 valence electrons. The van der Waals surface area contributed by atoms with E-state index in [2.05, 4.69) is 4.98 Å². The normalized spacial score (nSPS) is 11.2. The van der Waals surface area contributed by atoms with Crippen molar-refractivity contribution in [1.82, 2.24) is 14.1 Å². The molecule has 0 bridgehead atoms. The third kappa shape index (κ3) is 3.47. The third-order valence-electron chi connectivity index (χ3n) is 4.90. The number of aryl methyl sites for hydroxylation is 1. The Morgan fingerprint density at radius 3 is 2.69 bits per heavy atom. The van der Waals surface area contributed by atoms with Gasteiger partial charge in [0.25, 0.3) is 5.56 Å². The van der Waals surface area contributed by atoms with Gasteiger partial charge in [-0.15, -0.1) is 0 Å². The average molecular weight is 410 g/mol. The number of hydrogen-bond donors (Lipinski definition) is 0. The molecule has 7 heteroatoms. The first kappa shape index (κ1) is 19.1. The molecule has 29 heavy (non-hydrogen) atoms. The minimum atomic E-state index is -0.352. The summed E-state index contributed by atoms with van der Waals surface area (Å²) in [6.07, 6.45) is 1.36. The maximum Gasteiger partial charge on any atom is 0.261 e. The van der Waals surface area contributed by atoms with E-state index in [1.165, 1.54) is 23.0 Å². The van der Waals surface area contributed by atoms with Gasteiger partial charge in [0.15, 0.2) is 5.78 Å². The Kier molecular flexibility index (Phi) is 4.80. The summed E-state index contributed by atoms with van der Waals surface area (Å²) in [5.74, 6) is -0.582. The molecule has 0 fully saturated rings. The van der Waals surface area contributed by atoms with Gasteiger partial charge < -0.3 is 4.57 Å². The monoisotopic (exact) mass is 409 g/mol. The number of carbonyl (C=O) groups excluding carboxylic acids is 1. The number of rotatable bonds is 4. The molecule has 0 atom stereocenters. The predicted octanol–water partition coefficient (Wildman–Crippen LogP) is 4.48. The minimum Gasteiger partial charge on any atom is -0.318 e. The van der Waals surface area contributed by atoms with Gasteiger partial charge in [0, 0.05) is 27.7 Å². The van der Waals surface area contributed by atoms with Crippen LogP contribution in [0.25, 0.3) is 16.6 Å². The van der Waals surface area contributed by atoms with E-state index in [0.717, 1.165) is 5.69 Å². The van der Waals surface area contributed by atoms with Crippen molar-refractivity contribution in [2.75, 3.05) is 0 Å². The second kappa shape index (κ2) is 7.29. The van der Waals surface area contributed by atoms with Crippen LogP contribution >= 0.6 is 11.6 Å². The molecule has 2 aromatic heterocycles. The topological polar surface area (TPSA) is 56.9 Å². The molecule has 0 saturated carbocycles. The highest BCUT2D eigenvalue weighted by molar-refractivity contribution is 6.31. The molecule has 2 aromatic carbocycles. The Balaban J connectivity index is 1.71. The first-order chi connectivity index (χ1) is 13.8. The summed E-state index contributed by atoms with van der Waals surface area (Å²) in [4.78, 5) is 29.9. The van der Waals surface area contributed by atoms with Gasteiger partial charge in [-0.05, 0) is 56.3 Å². The fourth-order valence-corrected chi connectivity index (χ4v) is 3.71. The Labute approximate surface area is 171 Å². The van der Waals surface area contributed by atoms with Gasteiger partial charge >= 0.3 is 0 Å². The van der Waals surface area contributed by atoms with E-state index in [4.69, 9.17) is 11.6 Å². The second-order valence-corrected chi connectivity index (χ2v) is 7.30. The molecule has 0 amide bonds. The van der Waals surface area contributed by atoms with E-state index in [-0.39, 0.29) is 23.7 Å². The summed E-state index contributed by atoms with van der Waals surface area (Å²) in [5.41, 5.74) is 2.79. The zero-order valence-electron chi connectivity index (χ0n) is 15.8. The molecule has 0 saturated heterocycles. The average Bonchev–Trinajstić information content (AvgIpc) is 2.98. The molecule has 2 heterocycles. The zero-order valence-corrected chi connectivity index (χ0v) is 16.6. The number of aromatic nitrogens is 3. The number of fused-ring (bicyclic) bond motifs is 1. The largest absolute Gasteiger partial charge is 0.318 e. The summed E-state index contributed by atoms with van der Waals surface area (Å²) in [6, 6.07) is 12.8. The van der Waals surface area contributed by atoms with Crippen molar-refractivity contribution < 1.29 is 9.18 Å². The lowest BCUT2D eigenvalue weighted by atomic mass is 10.1. The van der Waals surface area contributed by atoms with E-state index < -0.39 is 0 Å². The van der Waals surface area contributed by atoms with Crippen LogP contribution in [0.5, 0.6) is 0 Å². The maximum absolute atomic E-state index is 13.6. The summed E-state index contributed by atoms with van der Waals surface area (Å²) in [7, 11) is 0. The lowest BCUT2D eigenvalue weighted by Gasteiger charge is -2.10. The Morgan fingerprint density at radius 1 is 1.14 bits per heavy atom. The first-order valence-electron chi connectivity index (χ1n) is 8.98. The second-order valence-electron chi connectivity index (χ2n) is 6.86. The van der Waals surface area contributed by atoms with Crippen LogP contribution in [-0.4, -0.2) is 19.9 Å². The van der Waals surface area contributed by atoms with Crippen molar-refractivity contribution >= 4 is 28.3 Å². The first-order valence-corrected chi connectivity index (χ1v) is 9.36. The Morgan fingerprint density at radius 2 is 1.93 bits per heavy atom. The highest BCUT2D eigenvalue weighted by atomic mass is 35.5. The number of Topliss-reactive ketones (excluding diaryl/α,β-unsaturated/α-hetero) is 1. The SMILES string of the molecule is Cc1cc(C(=O)Cn2cnc3ccc(Cl)cc3c2=O)c(C)n1-c1cccc(F)c1. The summed E-state index contributed by atoms with van der Waals surface area (Å²) >= 11 is 5.98. The molecule has 0 aliphatic carbocycles. The van der Waals surface area contributed by atoms with E-state index >= 15 is 0 Å². The van der Waals surface area contributed by atoms with Crippen LogP contribution in [0, 0.1) is 19.7 Å². The molecule has 0 unspecified atom stereocenters. The van der Waals surface area contributed by atoms with Gasteiger partial charge in [-0.3, -0.25) is 14.2 Å². The van der Waals surface area contributed by atoms with E-state index in [0.29, 0.717) is 32.9 Å². The molecule has 5 nitrogen and oxygen atoms in total. The van der Waals surface area contributed by atoms with Crippen LogP contribution in [0.4, 0.5) is 4.39 Å². The van der Waals surface area contributed by atoms with Crippen LogP contribution in [0.1, 0.15) is 21.7 Å². The molecule has 0 N–H and O–H groups in total. The van der Waals surface area contributed by atoms with Gasteiger partial charge in [0.2, 0.25) is 0 Å². The predicted molar refractivity (Wildman–Crippen MR) is 111 cm³/mol. The van der Waals surface area contributed by atoms with E-state index in [1.807, 2.05) is 11.5 Å². The zero-order chi connectivity index (χ0) is 20.7. The van der Waals surface area contributed by atoms with Gasteiger partial charge in [0.05, 0.1) is 23.8 Å². The molecule has 0 aliphatic heterocycles. The Hall–Kier alpha value is -3.25. The molecule has 0 aliphatic rings. The minimum absolute atomic E-state index is 0.151. The molecule has 4 aromatic rings. The van der Waals surface area contributed by atoms with Crippen molar-refractivity contribution in [3.8, 4) is 5.69 Å². The van der Waals surface area contributed by atoms with E-state index in [9.17, 15) is 14.0 Å². The van der Waals surface area contributed by atoms with E-state index in [1.54, 1.807) is 43.3 Å². The van der Waals surface area contributed by atoms with Gasteiger partial charge in [-0.25, -0.2) is 9.37 Å². The highest BCUT2D eigenvalue weighted by Crippen LogP contribution is 2.22. The number of halogens is 2. The van der Waals surface area contributed by atoms with Crippen LogP contribution in [-0.2, 0) is 6.54 Å². The third-order valence-corrected chi connectivity index (χ3v) is 5.13. The van der Waals surface area contributed by atoms with Gasteiger partial charge in [-0.2, -0.15) is 0 Å². The van der Waals surface area contributed by atoms with Crippen molar-refractivity contribution in [1.29, 1.82) is 0 Å². The smallest absolute Gasteiger partial charge is 0.261 e. The van der Waals surface area contributed by atoms with Crippen molar-refractivity contribution in [3.05, 3.63) is 93.0 Å². The molecule has 0 spiro atoms. The molecular weight excluding hydrogens is 393 g/mol. The standard InChI is InChI=1S/C22H17ClFN3O2/c1-13-8-18(14(2)27(13)17-5-3-4-16(24)10-17)21(28)11-26-12-25-20-7-6-15(23)9-19(20)22(26)29/h3-10,12H,11H2,1-2H3. The maximum atomic E-state index is 13.6. The molecule has 4 rings (SSSR count). The summed E-state index contributed by atoms with van der Waals surface area (Å²) in [5, 5.41) is 0.789. The Bertz CT molecular complexity index is 1320. The van der Waals surface area contributed by atoms with Gasteiger partial charge in [-0.1, -0.05) is 17.7 Å². The summed E-state index contributed by atoms with van der Waals surface area (Å²) < 4.78 is 16.7. The van der Waals surface area contributed by atoms with Crippen molar-refractivity contribution in [3.63, 3.8) is 0 Å². The fraction of sp³-hybridized carbons (Fsp3) is 0.136. The van der Waals surface area contributed by atoms with Crippen molar-refractivity contribution in [2.45, 2.75) is 20.4 Å². The number of carbonyl (C=O) groups is 1. The lowest BCUT2D eigenvalue weighted by Crippen LogP contribution is -2.25. The highest BCUT2D eigenvalue weighted by Gasteiger charge is 2.18. The van der Waals surface area contributed by atoms with Gasteiger partial charge in [0.1, 0.15) is 5.82 Å².